The van der Waals surface area contributed by atoms with Gasteiger partial charge in [-0.25, -0.2) is 0 Å². The molecule has 1 nitrogen and oxygen atoms in total. The van der Waals surface area contributed by atoms with E-state index in [1.54, 1.807) is 11.8 Å². The van der Waals surface area contributed by atoms with Gasteiger partial charge in [-0.1, -0.05) is 47.5 Å². The van der Waals surface area contributed by atoms with Crippen LogP contribution in [0, 0.1) is 13.8 Å². The van der Waals surface area contributed by atoms with Crippen molar-refractivity contribution in [2.75, 3.05) is 0 Å². The molecule has 19 heavy (non-hydrogen) atoms. The number of carbonyl (C=O) groups excluding carboxylic acids is 1. The van der Waals surface area contributed by atoms with Gasteiger partial charge in [0.1, 0.15) is 0 Å². The predicted molar refractivity (Wildman–Crippen MR) is 82.0 cm³/mol. The maximum atomic E-state index is 12.3. The van der Waals surface area contributed by atoms with Gasteiger partial charge < -0.3 is 0 Å². The molecule has 98 valence electrons. The van der Waals surface area contributed by atoms with Gasteiger partial charge in [-0.05, 0) is 32.9 Å². The first-order valence-corrected chi connectivity index (χ1v) is 7.28. The van der Waals surface area contributed by atoms with Gasteiger partial charge in [0.25, 0.3) is 0 Å². The molecule has 1 atom stereocenters. The standard InChI is InChI=1S/C17H18OS/c1-12-4-8-15(9-5-12)17(18)14(3)19-16-10-6-13(2)7-11-16/h4-11,14H,1-3H3. The van der Waals surface area contributed by atoms with Crippen molar-refractivity contribution >= 4 is 17.5 Å². The lowest BCUT2D eigenvalue weighted by Crippen LogP contribution is -2.13. The van der Waals surface area contributed by atoms with Gasteiger partial charge in [0.2, 0.25) is 0 Å². The summed E-state index contributed by atoms with van der Waals surface area (Å²) < 4.78 is 0. The normalized spacial score (nSPS) is 12.2. The van der Waals surface area contributed by atoms with Crippen LogP contribution in [-0.2, 0) is 0 Å². The summed E-state index contributed by atoms with van der Waals surface area (Å²) in [6.07, 6.45) is 0. The Bertz CT molecular complexity index is 555. The lowest BCUT2D eigenvalue weighted by molar-refractivity contribution is 0.0994. The van der Waals surface area contributed by atoms with E-state index in [1.165, 1.54) is 11.1 Å². The Morgan fingerprint density at radius 3 is 1.89 bits per heavy atom. The minimum atomic E-state index is -0.0644. The Labute approximate surface area is 119 Å². The molecule has 0 aromatic heterocycles. The van der Waals surface area contributed by atoms with Gasteiger partial charge in [-0.15, -0.1) is 11.8 Å². The summed E-state index contributed by atoms with van der Waals surface area (Å²) in [4.78, 5) is 13.4. The predicted octanol–water partition coefficient (Wildman–Crippen LogP) is 4.67. The summed E-state index contributed by atoms with van der Waals surface area (Å²) in [6.45, 7) is 6.06. The van der Waals surface area contributed by atoms with Crippen LogP contribution in [0.5, 0.6) is 0 Å². The average Bonchev–Trinajstić information content (AvgIpc) is 2.41. The number of ketones is 1. The summed E-state index contributed by atoms with van der Waals surface area (Å²) in [5.41, 5.74) is 3.20. The number of carbonyl (C=O) groups is 1. The summed E-state index contributed by atoms with van der Waals surface area (Å²) in [5, 5.41) is -0.0644. The summed E-state index contributed by atoms with van der Waals surface area (Å²) in [6, 6.07) is 16.1. The Hall–Kier alpha value is -1.54. The minimum absolute atomic E-state index is 0.0644. The van der Waals surface area contributed by atoms with E-state index in [0.717, 1.165) is 10.5 Å². The fraction of sp³-hybridized carbons (Fsp3) is 0.235. The van der Waals surface area contributed by atoms with Crippen molar-refractivity contribution < 1.29 is 4.79 Å². The quantitative estimate of drug-likeness (QED) is 0.593. The van der Waals surface area contributed by atoms with E-state index in [1.807, 2.05) is 38.1 Å². The van der Waals surface area contributed by atoms with Crippen LogP contribution >= 0.6 is 11.8 Å². The van der Waals surface area contributed by atoms with Crippen LogP contribution in [-0.4, -0.2) is 11.0 Å². The van der Waals surface area contributed by atoms with Crippen molar-refractivity contribution in [1.82, 2.24) is 0 Å². The van der Waals surface area contributed by atoms with Crippen molar-refractivity contribution in [3.05, 3.63) is 65.2 Å². The maximum Gasteiger partial charge on any atom is 0.175 e. The molecule has 0 spiro atoms. The molecule has 1 unspecified atom stereocenters. The number of aryl methyl sites for hydroxylation is 2. The topological polar surface area (TPSA) is 17.1 Å². The molecule has 2 rings (SSSR count). The second-order valence-corrected chi connectivity index (χ2v) is 6.22. The van der Waals surface area contributed by atoms with Crippen molar-refractivity contribution in [3.8, 4) is 0 Å². The van der Waals surface area contributed by atoms with Crippen LogP contribution < -0.4 is 0 Å². The Morgan fingerprint density at radius 2 is 1.37 bits per heavy atom. The Morgan fingerprint density at radius 1 is 0.895 bits per heavy atom. The van der Waals surface area contributed by atoms with Crippen molar-refractivity contribution in [2.24, 2.45) is 0 Å². The average molecular weight is 270 g/mol. The molecule has 2 heteroatoms. The van der Waals surface area contributed by atoms with Gasteiger partial charge in [0, 0.05) is 10.5 Å². The second kappa shape index (κ2) is 6.07. The highest BCUT2D eigenvalue weighted by atomic mass is 32.2. The molecule has 0 aliphatic carbocycles. The Balaban J connectivity index is 2.07. The molecular formula is C17H18OS. The molecule has 2 aromatic carbocycles. The van der Waals surface area contributed by atoms with Crippen LogP contribution in [0.4, 0.5) is 0 Å². The number of rotatable bonds is 4. The SMILES string of the molecule is Cc1ccc(SC(C)C(=O)c2ccc(C)cc2)cc1. The largest absolute Gasteiger partial charge is 0.293 e. The number of Topliss-reactive ketones (excluding diaryl/α,β-unsaturated/α-hetero) is 1. The fourth-order valence-corrected chi connectivity index (χ4v) is 2.77. The lowest BCUT2D eigenvalue weighted by atomic mass is 10.1. The number of hydrogen-bond donors (Lipinski definition) is 0. The zero-order chi connectivity index (χ0) is 13.8. The van der Waals surface area contributed by atoms with Crippen LogP contribution in [0.3, 0.4) is 0 Å². The Kier molecular flexibility index (Phi) is 4.43. The molecule has 0 aliphatic rings. The number of benzene rings is 2. The van der Waals surface area contributed by atoms with E-state index in [-0.39, 0.29) is 11.0 Å². The van der Waals surface area contributed by atoms with E-state index < -0.39 is 0 Å². The smallest absolute Gasteiger partial charge is 0.175 e. The van der Waals surface area contributed by atoms with Gasteiger partial charge in [-0.2, -0.15) is 0 Å². The second-order valence-electron chi connectivity index (χ2n) is 4.80. The van der Waals surface area contributed by atoms with Gasteiger partial charge in [-0.3, -0.25) is 4.79 Å². The third-order valence-electron chi connectivity index (χ3n) is 3.04. The molecule has 0 aliphatic heterocycles. The third-order valence-corrected chi connectivity index (χ3v) is 4.15. The van der Waals surface area contributed by atoms with E-state index in [4.69, 9.17) is 0 Å². The summed E-state index contributed by atoms with van der Waals surface area (Å²) in [5.74, 6) is 0.186. The molecule has 0 saturated heterocycles. The van der Waals surface area contributed by atoms with E-state index in [0.29, 0.717) is 0 Å². The van der Waals surface area contributed by atoms with Gasteiger partial charge in [0.15, 0.2) is 5.78 Å². The highest BCUT2D eigenvalue weighted by molar-refractivity contribution is 8.00. The first kappa shape index (κ1) is 13.9. The highest BCUT2D eigenvalue weighted by Gasteiger charge is 2.16. The third kappa shape index (κ3) is 3.71. The minimum Gasteiger partial charge on any atom is -0.293 e. The van der Waals surface area contributed by atoms with Crippen LogP contribution in [0.25, 0.3) is 0 Å². The van der Waals surface area contributed by atoms with Crippen molar-refractivity contribution in [3.63, 3.8) is 0 Å². The van der Waals surface area contributed by atoms with Gasteiger partial charge in [0.05, 0.1) is 5.25 Å². The molecule has 0 heterocycles. The van der Waals surface area contributed by atoms with E-state index in [2.05, 4.69) is 31.2 Å². The summed E-state index contributed by atoms with van der Waals surface area (Å²) in [7, 11) is 0. The number of hydrogen-bond acceptors (Lipinski definition) is 2. The molecule has 0 amide bonds. The maximum absolute atomic E-state index is 12.3. The highest BCUT2D eigenvalue weighted by Crippen LogP contribution is 2.25. The van der Waals surface area contributed by atoms with E-state index >= 15 is 0 Å². The first-order chi connectivity index (χ1) is 9.06. The fourth-order valence-electron chi connectivity index (χ4n) is 1.83. The van der Waals surface area contributed by atoms with Crippen LogP contribution in [0.15, 0.2) is 53.4 Å². The lowest BCUT2D eigenvalue weighted by Gasteiger charge is -2.10. The van der Waals surface area contributed by atoms with Gasteiger partial charge >= 0.3 is 0 Å². The molecule has 2 aromatic rings. The molecule has 0 saturated carbocycles. The molecular weight excluding hydrogens is 252 g/mol. The molecule has 0 fully saturated rings. The van der Waals surface area contributed by atoms with Crippen LogP contribution in [0.2, 0.25) is 0 Å². The number of thioether (sulfide) groups is 1. The zero-order valence-electron chi connectivity index (χ0n) is 11.5. The molecule has 0 bridgehead atoms. The monoisotopic (exact) mass is 270 g/mol. The summed E-state index contributed by atoms with van der Waals surface area (Å²) >= 11 is 1.61. The van der Waals surface area contributed by atoms with E-state index in [9.17, 15) is 4.79 Å². The first-order valence-electron chi connectivity index (χ1n) is 6.40. The molecule has 0 radical (unpaired) electrons. The van der Waals surface area contributed by atoms with Crippen molar-refractivity contribution in [2.45, 2.75) is 30.9 Å². The van der Waals surface area contributed by atoms with Crippen LogP contribution in [0.1, 0.15) is 28.4 Å². The molecule has 0 N–H and O–H groups in total. The zero-order valence-corrected chi connectivity index (χ0v) is 12.3. The van der Waals surface area contributed by atoms with Crippen molar-refractivity contribution in [1.29, 1.82) is 0 Å².